The molecule has 1 aliphatic carbocycles. The Hall–Kier alpha value is -1.19. The summed E-state index contributed by atoms with van der Waals surface area (Å²) in [5, 5.41) is 10.8. The van der Waals surface area contributed by atoms with Gasteiger partial charge >= 0.3 is 0 Å². The van der Waals surface area contributed by atoms with E-state index in [1.165, 1.54) is 5.56 Å². The average Bonchev–Trinajstić information content (AvgIpc) is 2.41. The molecular formula is C16H14BrFO. The molecule has 1 aliphatic rings. The maximum atomic E-state index is 14.2. The molecule has 3 rings (SSSR count). The van der Waals surface area contributed by atoms with Gasteiger partial charge in [-0.3, -0.25) is 0 Å². The van der Waals surface area contributed by atoms with Crippen LogP contribution in [0.15, 0.2) is 46.9 Å². The van der Waals surface area contributed by atoms with Crippen LogP contribution in [0.25, 0.3) is 0 Å². The third kappa shape index (κ3) is 2.21. The minimum Gasteiger partial charge on any atom is -0.385 e. The quantitative estimate of drug-likeness (QED) is 0.843. The lowest BCUT2D eigenvalue weighted by Crippen LogP contribution is -2.34. The summed E-state index contributed by atoms with van der Waals surface area (Å²) in [6, 6.07) is 13.1. The Balaban J connectivity index is 2.04. The van der Waals surface area contributed by atoms with E-state index in [2.05, 4.69) is 22.0 Å². The smallest absolute Gasteiger partial charge is 0.143 e. The first kappa shape index (κ1) is 12.8. The Kier molecular flexibility index (Phi) is 3.19. The van der Waals surface area contributed by atoms with E-state index in [1.807, 2.05) is 18.2 Å². The van der Waals surface area contributed by atoms with Crippen LogP contribution in [0.3, 0.4) is 0 Å². The summed E-state index contributed by atoms with van der Waals surface area (Å²) in [6.45, 7) is 0. The zero-order chi connectivity index (χ0) is 13.5. The fraction of sp³-hybridized carbons (Fsp3) is 0.250. The third-order valence-electron chi connectivity index (χ3n) is 3.86. The van der Waals surface area contributed by atoms with Gasteiger partial charge in [0.2, 0.25) is 0 Å². The van der Waals surface area contributed by atoms with Crippen molar-refractivity contribution < 1.29 is 9.50 Å². The lowest BCUT2D eigenvalue weighted by molar-refractivity contribution is 0.0187. The van der Waals surface area contributed by atoms with Crippen molar-refractivity contribution in [2.75, 3.05) is 0 Å². The number of benzene rings is 2. The van der Waals surface area contributed by atoms with Crippen LogP contribution in [0, 0.1) is 5.82 Å². The van der Waals surface area contributed by atoms with Crippen molar-refractivity contribution in [3.05, 3.63) is 69.4 Å². The van der Waals surface area contributed by atoms with Gasteiger partial charge in [-0.1, -0.05) is 36.4 Å². The summed E-state index contributed by atoms with van der Waals surface area (Å²) >= 11 is 3.18. The molecule has 1 unspecified atom stereocenters. The summed E-state index contributed by atoms with van der Waals surface area (Å²) < 4.78 is 14.6. The number of aryl methyl sites for hydroxylation is 1. The average molecular weight is 321 g/mol. The molecule has 0 spiro atoms. The van der Waals surface area contributed by atoms with Crippen molar-refractivity contribution in [1.29, 1.82) is 0 Å². The maximum Gasteiger partial charge on any atom is 0.143 e. The van der Waals surface area contributed by atoms with Gasteiger partial charge < -0.3 is 5.11 Å². The fourth-order valence-corrected chi connectivity index (χ4v) is 3.18. The predicted molar refractivity (Wildman–Crippen MR) is 76.5 cm³/mol. The molecule has 1 atom stereocenters. The van der Waals surface area contributed by atoms with Crippen molar-refractivity contribution in [1.82, 2.24) is 0 Å². The van der Waals surface area contributed by atoms with Gasteiger partial charge in [-0.2, -0.15) is 0 Å². The van der Waals surface area contributed by atoms with Crippen molar-refractivity contribution in [3.8, 4) is 0 Å². The third-order valence-corrected chi connectivity index (χ3v) is 4.47. The molecule has 2 aromatic rings. The molecule has 2 aromatic carbocycles. The van der Waals surface area contributed by atoms with Gasteiger partial charge in [0.25, 0.3) is 0 Å². The van der Waals surface area contributed by atoms with Crippen LogP contribution < -0.4 is 0 Å². The summed E-state index contributed by atoms with van der Waals surface area (Å²) in [6.07, 6.45) is 1.80. The highest BCUT2D eigenvalue weighted by molar-refractivity contribution is 9.10. The molecule has 0 heterocycles. The molecule has 0 radical (unpaired) electrons. The van der Waals surface area contributed by atoms with E-state index in [0.29, 0.717) is 22.9 Å². The van der Waals surface area contributed by atoms with E-state index in [9.17, 15) is 9.50 Å². The predicted octanol–water partition coefficient (Wildman–Crippen LogP) is 3.96. The summed E-state index contributed by atoms with van der Waals surface area (Å²) in [7, 11) is 0. The first-order valence-electron chi connectivity index (χ1n) is 6.34. The molecular weight excluding hydrogens is 307 g/mol. The Bertz CT molecular complexity index is 626. The lowest BCUT2D eigenvalue weighted by Gasteiger charge is -2.34. The SMILES string of the molecule is OC1(c2cccc(Br)c2F)CCc2ccccc2C1. The largest absolute Gasteiger partial charge is 0.385 e. The van der Waals surface area contributed by atoms with E-state index < -0.39 is 5.60 Å². The molecule has 19 heavy (non-hydrogen) atoms. The van der Waals surface area contributed by atoms with E-state index in [-0.39, 0.29) is 5.82 Å². The second kappa shape index (κ2) is 4.73. The van der Waals surface area contributed by atoms with Crippen LogP contribution >= 0.6 is 15.9 Å². The lowest BCUT2D eigenvalue weighted by atomic mass is 9.76. The van der Waals surface area contributed by atoms with Crippen molar-refractivity contribution in [2.45, 2.75) is 24.9 Å². The zero-order valence-electron chi connectivity index (χ0n) is 10.4. The Morgan fingerprint density at radius 2 is 1.79 bits per heavy atom. The van der Waals surface area contributed by atoms with Gasteiger partial charge in [0, 0.05) is 12.0 Å². The molecule has 1 nitrogen and oxygen atoms in total. The van der Waals surface area contributed by atoms with Crippen molar-refractivity contribution >= 4 is 15.9 Å². The van der Waals surface area contributed by atoms with Crippen molar-refractivity contribution in [2.24, 2.45) is 0 Å². The van der Waals surface area contributed by atoms with Gasteiger partial charge in [0.1, 0.15) is 5.82 Å². The van der Waals surface area contributed by atoms with Crippen LogP contribution in [-0.4, -0.2) is 5.11 Å². The molecule has 0 fully saturated rings. The van der Waals surface area contributed by atoms with Gasteiger partial charge in [-0.15, -0.1) is 0 Å². The second-order valence-electron chi connectivity index (χ2n) is 5.08. The monoisotopic (exact) mass is 320 g/mol. The van der Waals surface area contributed by atoms with E-state index >= 15 is 0 Å². The first-order valence-corrected chi connectivity index (χ1v) is 7.13. The van der Waals surface area contributed by atoms with Crippen LogP contribution in [-0.2, 0) is 18.4 Å². The maximum absolute atomic E-state index is 14.2. The molecule has 98 valence electrons. The Morgan fingerprint density at radius 3 is 2.58 bits per heavy atom. The summed E-state index contributed by atoms with van der Waals surface area (Å²) in [5.41, 5.74) is 1.64. The molecule has 0 amide bonds. The molecule has 0 saturated carbocycles. The topological polar surface area (TPSA) is 20.2 Å². The molecule has 0 saturated heterocycles. The minimum absolute atomic E-state index is 0.357. The molecule has 0 bridgehead atoms. The number of fused-ring (bicyclic) bond motifs is 1. The normalized spacial score (nSPS) is 22.1. The number of hydrogen-bond donors (Lipinski definition) is 1. The highest BCUT2D eigenvalue weighted by Gasteiger charge is 2.36. The number of rotatable bonds is 1. The number of hydrogen-bond acceptors (Lipinski definition) is 1. The Labute approximate surface area is 120 Å². The van der Waals surface area contributed by atoms with Crippen LogP contribution in [0.4, 0.5) is 4.39 Å². The van der Waals surface area contributed by atoms with E-state index in [4.69, 9.17) is 0 Å². The highest BCUT2D eigenvalue weighted by atomic mass is 79.9. The Morgan fingerprint density at radius 1 is 1.05 bits per heavy atom. The molecule has 0 aromatic heterocycles. The first-order chi connectivity index (χ1) is 9.10. The number of aliphatic hydroxyl groups is 1. The molecule has 0 aliphatic heterocycles. The second-order valence-corrected chi connectivity index (χ2v) is 5.93. The van der Waals surface area contributed by atoms with Gasteiger partial charge in [0.15, 0.2) is 0 Å². The standard InChI is InChI=1S/C16H14BrFO/c17-14-7-3-6-13(15(14)18)16(19)9-8-11-4-1-2-5-12(11)10-16/h1-7,19H,8-10H2. The fourth-order valence-electron chi connectivity index (χ4n) is 2.81. The zero-order valence-corrected chi connectivity index (χ0v) is 12.0. The number of halogens is 2. The minimum atomic E-state index is -1.11. The molecule has 1 N–H and O–H groups in total. The molecule has 3 heteroatoms. The van der Waals surface area contributed by atoms with Crippen LogP contribution in [0.1, 0.15) is 23.1 Å². The van der Waals surface area contributed by atoms with Crippen molar-refractivity contribution in [3.63, 3.8) is 0 Å². The van der Waals surface area contributed by atoms with Crippen LogP contribution in [0.5, 0.6) is 0 Å². The van der Waals surface area contributed by atoms with Crippen LogP contribution in [0.2, 0.25) is 0 Å². The van der Waals surface area contributed by atoms with E-state index in [0.717, 1.165) is 12.0 Å². The highest BCUT2D eigenvalue weighted by Crippen LogP contribution is 2.38. The van der Waals surface area contributed by atoms with Gasteiger partial charge in [-0.25, -0.2) is 4.39 Å². The summed E-state index contributed by atoms with van der Waals surface area (Å²) in [4.78, 5) is 0. The summed E-state index contributed by atoms with van der Waals surface area (Å²) in [5.74, 6) is -0.357. The van der Waals surface area contributed by atoms with Gasteiger partial charge in [0.05, 0.1) is 10.1 Å². The van der Waals surface area contributed by atoms with E-state index in [1.54, 1.807) is 18.2 Å². The van der Waals surface area contributed by atoms with Gasteiger partial charge in [-0.05, 0) is 46.0 Å².